The molecule has 94 valence electrons. The zero-order chi connectivity index (χ0) is 13.0. The van der Waals surface area contributed by atoms with Gasteiger partial charge in [-0.05, 0) is 32.9 Å². The fourth-order valence-corrected chi connectivity index (χ4v) is 1.60. The Morgan fingerprint density at radius 1 is 1.47 bits per heavy atom. The van der Waals surface area contributed by atoms with E-state index < -0.39 is 5.91 Å². The van der Waals surface area contributed by atoms with Crippen LogP contribution in [0.2, 0.25) is 5.02 Å². The standard InChI is InChI=1S/C12H16ClNO3/c1-4-16-11-9(13)5-8(12(14)15)6-10(11)17-7(2)3/h5-7H,4H2,1-3H3,(H2,14,15). The smallest absolute Gasteiger partial charge is 0.248 e. The van der Waals surface area contributed by atoms with Gasteiger partial charge in [0.05, 0.1) is 17.7 Å². The van der Waals surface area contributed by atoms with Gasteiger partial charge in [-0.15, -0.1) is 0 Å². The predicted octanol–water partition coefficient (Wildman–Crippen LogP) is 2.62. The SMILES string of the molecule is CCOc1c(Cl)cc(C(N)=O)cc1OC(C)C. The molecule has 0 radical (unpaired) electrons. The van der Waals surface area contributed by atoms with E-state index in [1.165, 1.54) is 6.07 Å². The van der Waals surface area contributed by atoms with E-state index in [0.29, 0.717) is 28.7 Å². The van der Waals surface area contributed by atoms with Crippen molar-refractivity contribution in [2.75, 3.05) is 6.61 Å². The highest BCUT2D eigenvalue weighted by Gasteiger charge is 2.15. The van der Waals surface area contributed by atoms with Crippen LogP contribution in [0.4, 0.5) is 0 Å². The van der Waals surface area contributed by atoms with E-state index in [0.717, 1.165) is 0 Å². The molecular formula is C12H16ClNO3. The first-order chi connectivity index (χ1) is 7.95. The van der Waals surface area contributed by atoms with Crippen molar-refractivity contribution in [3.05, 3.63) is 22.7 Å². The lowest BCUT2D eigenvalue weighted by molar-refractivity contribution is 0.0999. The van der Waals surface area contributed by atoms with E-state index in [4.69, 9.17) is 26.8 Å². The van der Waals surface area contributed by atoms with Crippen molar-refractivity contribution >= 4 is 17.5 Å². The number of rotatable bonds is 5. The molecule has 0 fully saturated rings. The molecule has 0 bridgehead atoms. The van der Waals surface area contributed by atoms with Crippen molar-refractivity contribution in [1.82, 2.24) is 0 Å². The fourth-order valence-electron chi connectivity index (χ4n) is 1.34. The third kappa shape index (κ3) is 3.53. The van der Waals surface area contributed by atoms with Gasteiger partial charge < -0.3 is 15.2 Å². The summed E-state index contributed by atoms with van der Waals surface area (Å²) in [6, 6.07) is 3.02. The van der Waals surface area contributed by atoms with E-state index in [1.54, 1.807) is 6.07 Å². The maximum absolute atomic E-state index is 11.1. The van der Waals surface area contributed by atoms with Gasteiger partial charge in [0.2, 0.25) is 5.91 Å². The second-order valence-corrected chi connectivity index (χ2v) is 4.16. The highest BCUT2D eigenvalue weighted by molar-refractivity contribution is 6.32. The summed E-state index contributed by atoms with van der Waals surface area (Å²) in [5.74, 6) is 0.319. The van der Waals surface area contributed by atoms with E-state index in [1.807, 2.05) is 20.8 Å². The van der Waals surface area contributed by atoms with E-state index in [9.17, 15) is 4.79 Å². The van der Waals surface area contributed by atoms with Crippen LogP contribution >= 0.6 is 11.6 Å². The molecular weight excluding hydrogens is 242 g/mol. The molecule has 2 N–H and O–H groups in total. The minimum atomic E-state index is -0.552. The number of carbonyl (C=O) groups is 1. The molecule has 0 aliphatic heterocycles. The Kier molecular flexibility index (Phi) is 4.63. The number of halogens is 1. The quantitative estimate of drug-likeness (QED) is 0.882. The Balaban J connectivity index is 3.23. The van der Waals surface area contributed by atoms with Gasteiger partial charge in [0.25, 0.3) is 0 Å². The molecule has 17 heavy (non-hydrogen) atoms. The van der Waals surface area contributed by atoms with Gasteiger partial charge in [-0.1, -0.05) is 11.6 Å². The summed E-state index contributed by atoms with van der Waals surface area (Å²) in [4.78, 5) is 11.1. The average molecular weight is 258 g/mol. The first kappa shape index (κ1) is 13.6. The lowest BCUT2D eigenvalue weighted by Gasteiger charge is -2.16. The van der Waals surface area contributed by atoms with Crippen LogP contribution in [-0.2, 0) is 0 Å². The van der Waals surface area contributed by atoms with Gasteiger partial charge in [-0.2, -0.15) is 0 Å². The van der Waals surface area contributed by atoms with Crippen LogP contribution in [0.1, 0.15) is 31.1 Å². The highest BCUT2D eigenvalue weighted by Crippen LogP contribution is 2.37. The van der Waals surface area contributed by atoms with Crippen LogP contribution in [0.15, 0.2) is 12.1 Å². The van der Waals surface area contributed by atoms with Gasteiger partial charge in [0.15, 0.2) is 11.5 Å². The summed E-state index contributed by atoms with van der Waals surface area (Å²) in [7, 11) is 0. The Hall–Kier alpha value is -1.42. The van der Waals surface area contributed by atoms with E-state index in [-0.39, 0.29) is 6.10 Å². The number of hydrogen-bond acceptors (Lipinski definition) is 3. The molecule has 0 aliphatic carbocycles. The van der Waals surface area contributed by atoms with E-state index in [2.05, 4.69) is 0 Å². The van der Waals surface area contributed by atoms with Gasteiger partial charge in [-0.25, -0.2) is 0 Å². The molecule has 0 saturated heterocycles. The van der Waals surface area contributed by atoms with Gasteiger partial charge in [0, 0.05) is 5.56 Å². The summed E-state index contributed by atoms with van der Waals surface area (Å²) >= 11 is 6.03. The normalized spacial score (nSPS) is 10.4. The number of hydrogen-bond donors (Lipinski definition) is 1. The summed E-state index contributed by atoms with van der Waals surface area (Å²) in [5, 5.41) is 0.318. The molecule has 0 atom stereocenters. The Labute approximate surface area is 106 Å². The van der Waals surface area contributed by atoms with Gasteiger partial charge >= 0.3 is 0 Å². The molecule has 5 heteroatoms. The number of primary amides is 1. The molecule has 1 aromatic carbocycles. The number of benzene rings is 1. The largest absolute Gasteiger partial charge is 0.488 e. The number of nitrogens with two attached hydrogens (primary N) is 1. The molecule has 4 nitrogen and oxygen atoms in total. The van der Waals surface area contributed by atoms with E-state index >= 15 is 0 Å². The molecule has 1 rings (SSSR count). The van der Waals surface area contributed by atoms with Crippen LogP contribution in [-0.4, -0.2) is 18.6 Å². The van der Waals surface area contributed by atoms with Crippen LogP contribution in [0.3, 0.4) is 0 Å². The first-order valence-corrected chi connectivity index (χ1v) is 5.76. The molecule has 0 unspecified atom stereocenters. The van der Waals surface area contributed by atoms with Crippen LogP contribution < -0.4 is 15.2 Å². The topological polar surface area (TPSA) is 61.5 Å². The first-order valence-electron chi connectivity index (χ1n) is 5.38. The molecule has 0 heterocycles. The minimum absolute atomic E-state index is 0.0478. The number of amides is 1. The third-order valence-corrected chi connectivity index (χ3v) is 2.23. The van der Waals surface area contributed by atoms with Crippen molar-refractivity contribution < 1.29 is 14.3 Å². The Morgan fingerprint density at radius 2 is 2.12 bits per heavy atom. The zero-order valence-corrected chi connectivity index (χ0v) is 10.9. The maximum Gasteiger partial charge on any atom is 0.248 e. The predicted molar refractivity (Wildman–Crippen MR) is 66.9 cm³/mol. The molecule has 1 aromatic rings. The summed E-state index contributed by atoms with van der Waals surface area (Å²) < 4.78 is 10.9. The Morgan fingerprint density at radius 3 is 2.59 bits per heavy atom. The lowest BCUT2D eigenvalue weighted by Crippen LogP contribution is -2.13. The average Bonchev–Trinajstić information content (AvgIpc) is 2.21. The summed E-state index contributed by atoms with van der Waals surface area (Å²) in [5.41, 5.74) is 5.51. The number of carbonyl (C=O) groups excluding carboxylic acids is 1. The summed E-state index contributed by atoms with van der Waals surface area (Å²) in [6.07, 6.45) is -0.0478. The molecule has 0 aromatic heterocycles. The van der Waals surface area contributed by atoms with Crippen LogP contribution in [0.25, 0.3) is 0 Å². The van der Waals surface area contributed by atoms with Crippen molar-refractivity contribution in [2.45, 2.75) is 26.9 Å². The zero-order valence-electron chi connectivity index (χ0n) is 10.1. The maximum atomic E-state index is 11.1. The number of ether oxygens (including phenoxy) is 2. The second kappa shape index (κ2) is 5.77. The molecule has 0 spiro atoms. The lowest BCUT2D eigenvalue weighted by atomic mass is 10.2. The van der Waals surface area contributed by atoms with Crippen LogP contribution in [0.5, 0.6) is 11.5 Å². The van der Waals surface area contributed by atoms with Crippen molar-refractivity contribution in [3.63, 3.8) is 0 Å². The summed E-state index contributed by atoms with van der Waals surface area (Å²) in [6.45, 7) is 6.06. The monoisotopic (exact) mass is 257 g/mol. The Bertz CT molecular complexity index is 418. The van der Waals surface area contributed by atoms with Crippen LogP contribution in [0, 0.1) is 0 Å². The molecule has 0 aliphatic rings. The van der Waals surface area contributed by atoms with Crippen molar-refractivity contribution in [2.24, 2.45) is 5.73 Å². The van der Waals surface area contributed by atoms with Crippen molar-refractivity contribution in [3.8, 4) is 11.5 Å². The van der Waals surface area contributed by atoms with Gasteiger partial charge in [0.1, 0.15) is 0 Å². The minimum Gasteiger partial charge on any atom is -0.488 e. The second-order valence-electron chi connectivity index (χ2n) is 3.75. The molecule has 0 saturated carbocycles. The fraction of sp³-hybridized carbons (Fsp3) is 0.417. The van der Waals surface area contributed by atoms with Crippen molar-refractivity contribution in [1.29, 1.82) is 0 Å². The molecule has 1 amide bonds. The highest BCUT2D eigenvalue weighted by atomic mass is 35.5. The van der Waals surface area contributed by atoms with Gasteiger partial charge in [-0.3, -0.25) is 4.79 Å². The third-order valence-electron chi connectivity index (χ3n) is 1.95.